The van der Waals surface area contributed by atoms with E-state index in [1.54, 1.807) is 7.11 Å². The molecule has 0 rings (SSSR count). The van der Waals surface area contributed by atoms with Gasteiger partial charge in [0.2, 0.25) is 0 Å². The molecule has 0 N–H and O–H groups in total. The Morgan fingerprint density at radius 3 is 2.27 bits per heavy atom. The van der Waals surface area contributed by atoms with E-state index in [-0.39, 0.29) is 0 Å². The van der Waals surface area contributed by atoms with E-state index in [2.05, 4.69) is 13.8 Å². The van der Waals surface area contributed by atoms with Crippen molar-refractivity contribution in [2.45, 2.75) is 46.0 Å². The van der Waals surface area contributed by atoms with Gasteiger partial charge in [0.1, 0.15) is 0 Å². The third kappa shape index (κ3) is 6.36. The van der Waals surface area contributed by atoms with Crippen molar-refractivity contribution in [1.29, 1.82) is 0 Å². The summed E-state index contributed by atoms with van der Waals surface area (Å²) in [6.45, 7) is 5.44. The van der Waals surface area contributed by atoms with E-state index >= 15 is 0 Å². The Balaban J connectivity index is 3.34. The van der Waals surface area contributed by atoms with Gasteiger partial charge in [-0.05, 0) is 18.8 Å². The summed E-state index contributed by atoms with van der Waals surface area (Å²) in [6.07, 6.45) is 6.63. The molecule has 0 aromatic rings. The summed E-state index contributed by atoms with van der Waals surface area (Å²) in [5.74, 6) is 0.810. The van der Waals surface area contributed by atoms with Gasteiger partial charge in [-0.25, -0.2) is 0 Å². The van der Waals surface area contributed by atoms with Crippen molar-refractivity contribution in [3.8, 4) is 0 Å². The quantitative estimate of drug-likeness (QED) is 0.552. The first-order chi connectivity index (χ1) is 5.35. The minimum Gasteiger partial charge on any atom is -0.384 e. The molecule has 0 aromatic heterocycles. The van der Waals surface area contributed by atoms with E-state index in [1.165, 1.54) is 32.1 Å². The number of hydrogen-bond acceptors (Lipinski definition) is 1. The lowest BCUT2D eigenvalue weighted by Gasteiger charge is -2.13. The highest BCUT2D eigenvalue weighted by atomic mass is 16.5. The predicted molar refractivity (Wildman–Crippen MR) is 49.8 cm³/mol. The summed E-state index contributed by atoms with van der Waals surface area (Å²) in [5.41, 5.74) is 0. The largest absolute Gasteiger partial charge is 0.384 e. The molecule has 0 fully saturated rings. The molecule has 11 heavy (non-hydrogen) atoms. The van der Waals surface area contributed by atoms with Crippen molar-refractivity contribution in [3.63, 3.8) is 0 Å². The fraction of sp³-hybridized carbons (Fsp3) is 1.00. The Bertz CT molecular complexity index is 65.3. The number of unbranched alkanes of at least 4 members (excludes halogenated alkanes) is 1. The predicted octanol–water partition coefficient (Wildman–Crippen LogP) is 3.24. The van der Waals surface area contributed by atoms with Crippen LogP contribution in [0.25, 0.3) is 0 Å². The molecule has 0 aromatic carbocycles. The fourth-order valence-corrected chi connectivity index (χ4v) is 1.45. The maximum Gasteiger partial charge on any atom is 0.0490 e. The second-order valence-corrected chi connectivity index (χ2v) is 3.25. The minimum absolute atomic E-state index is 0.810. The maximum atomic E-state index is 5.15. The van der Waals surface area contributed by atoms with Gasteiger partial charge in [-0.3, -0.25) is 0 Å². The van der Waals surface area contributed by atoms with E-state index in [0.29, 0.717) is 0 Å². The lowest BCUT2D eigenvalue weighted by molar-refractivity contribution is 0.141. The number of ether oxygens (including phenoxy) is 1. The smallest absolute Gasteiger partial charge is 0.0490 e. The highest BCUT2D eigenvalue weighted by Crippen LogP contribution is 2.14. The van der Waals surface area contributed by atoms with Crippen LogP contribution in [0.15, 0.2) is 0 Å². The molecule has 0 saturated carbocycles. The molecule has 0 saturated heterocycles. The van der Waals surface area contributed by atoms with Gasteiger partial charge < -0.3 is 4.74 Å². The monoisotopic (exact) mass is 158 g/mol. The van der Waals surface area contributed by atoms with Gasteiger partial charge in [0.25, 0.3) is 0 Å². The lowest BCUT2D eigenvalue weighted by Crippen LogP contribution is -2.07. The second kappa shape index (κ2) is 8.06. The summed E-state index contributed by atoms with van der Waals surface area (Å²) in [7, 11) is 1.80. The van der Waals surface area contributed by atoms with Crippen molar-refractivity contribution >= 4 is 0 Å². The van der Waals surface area contributed by atoms with Crippen LogP contribution in [0.2, 0.25) is 0 Å². The molecule has 1 nitrogen and oxygen atoms in total. The molecule has 1 atom stereocenters. The Hall–Kier alpha value is -0.0400. The zero-order valence-electron chi connectivity index (χ0n) is 8.23. The molecule has 0 radical (unpaired) electrons. The van der Waals surface area contributed by atoms with Gasteiger partial charge in [-0.15, -0.1) is 0 Å². The van der Waals surface area contributed by atoms with Crippen LogP contribution in [0.4, 0.5) is 0 Å². The highest BCUT2D eigenvalue weighted by molar-refractivity contribution is 4.56. The molecule has 0 bridgehead atoms. The average Bonchev–Trinajstić information content (AvgIpc) is 2.01. The maximum absolute atomic E-state index is 5.15. The molecule has 0 spiro atoms. The van der Waals surface area contributed by atoms with Crippen molar-refractivity contribution in [2.24, 2.45) is 5.92 Å². The highest BCUT2D eigenvalue weighted by Gasteiger charge is 2.05. The minimum atomic E-state index is 0.810. The summed E-state index contributed by atoms with van der Waals surface area (Å²) >= 11 is 0. The summed E-state index contributed by atoms with van der Waals surface area (Å²) in [4.78, 5) is 0. The fourth-order valence-electron chi connectivity index (χ4n) is 1.45. The first-order valence-corrected chi connectivity index (χ1v) is 4.84. The molecule has 68 valence electrons. The Morgan fingerprint density at radius 2 is 1.82 bits per heavy atom. The van der Waals surface area contributed by atoms with Crippen molar-refractivity contribution in [3.05, 3.63) is 0 Å². The second-order valence-electron chi connectivity index (χ2n) is 3.25. The number of methoxy groups -OCH3 is 1. The Morgan fingerprint density at radius 1 is 1.09 bits per heavy atom. The Labute approximate surface area is 71.1 Å². The lowest BCUT2D eigenvalue weighted by atomic mass is 9.98. The standard InChI is InChI=1S/C10H22O/c1-4-6-8-10(7-5-2)9-11-3/h10H,4-9H2,1-3H3/t10-/m1/s1. The van der Waals surface area contributed by atoms with E-state index < -0.39 is 0 Å². The zero-order valence-corrected chi connectivity index (χ0v) is 8.23. The van der Waals surface area contributed by atoms with Gasteiger partial charge in [0.05, 0.1) is 0 Å². The molecular weight excluding hydrogens is 136 g/mol. The van der Waals surface area contributed by atoms with Crippen LogP contribution in [0.1, 0.15) is 46.0 Å². The third-order valence-corrected chi connectivity index (χ3v) is 2.07. The summed E-state index contributed by atoms with van der Waals surface area (Å²) in [5, 5.41) is 0. The van der Waals surface area contributed by atoms with Crippen LogP contribution in [0, 0.1) is 5.92 Å². The zero-order chi connectivity index (χ0) is 8.53. The first kappa shape index (κ1) is 11.0. The summed E-state index contributed by atoms with van der Waals surface area (Å²) in [6, 6.07) is 0. The van der Waals surface area contributed by atoms with Crippen LogP contribution < -0.4 is 0 Å². The topological polar surface area (TPSA) is 9.23 Å². The molecule has 1 heteroatoms. The third-order valence-electron chi connectivity index (χ3n) is 2.07. The van der Waals surface area contributed by atoms with Gasteiger partial charge in [-0.1, -0.05) is 33.1 Å². The molecule has 0 heterocycles. The number of hydrogen-bond donors (Lipinski definition) is 0. The molecule has 0 aliphatic rings. The van der Waals surface area contributed by atoms with Gasteiger partial charge >= 0.3 is 0 Å². The average molecular weight is 158 g/mol. The van der Waals surface area contributed by atoms with Crippen LogP contribution in [0.5, 0.6) is 0 Å². The SMILES string of the molecule is CCCC[C@@H](CCC)COC. The van der Waals surface area contributed by atoms with Crippen molar-refractivity contribution in [2.75, 3.05) is 13.7 Å². The van der Waals surface area contributed by atoms with Crippen LogP contribution in [-0.4, -0.2) is 13.7 Å². The van der Waals surface area contributed by atoms with Crippen LogP contribution in [0.3, 0.4) is 0 Å². The van der Waals surface area contributed by atoms with Crippen LogP contribution in [-0.2, 0) is 4.74 Å². The molecule has 0 aliphatic carbocycles. The summed E-state index contributed by atoms with van der Waals surface area (Å²) < 4.78 is 5.15. The molecule has 0 unspecified atom stereocenters. The van der Waals surface area contributed by atoms with E-state index in [9.17, 15) is 0 Å². The van der Waals surface area contributed by atoms with E-state index in [1.807, 2.05) is 0 Å². The molecule has 0 amide bonds. The van der Waals surface area contributed by atoms with Crippen molar-refractivity contribution in [1.82, 2.24) is 0 Å². The molecule has 0 aliphatic heterocycles. The number of rotatable bonds is 7. The first-order valence-electron chi connectivity index (χ1n) is 4.84. The van der Waals surface area contributed by atoms with Crippen LogP contribution >= 0.6 is 0 Å². The normalized spacial score (nSPS) is 13.4. The van der Waals surface area contributed by atoms with Gasteiger partial charge in [0.15, 0.2) is 0 Å². The van der Waals surface area contributed by atoms with E-state index in [4.69, 9.17) is 4.74 Å². The van der Waals surface area contributed by atoms with Gasteiger partial charge in [0, 0.05) is 13.7 Å². The Kier molecular flexibility index (Phi) is 8.03. The molecular formula is C10H22O. The van der Waals surface area contributed by atoms with Crippen molar-refractivity contribution < 1.29 is 4.74 Å². The van der Waals surface area contributed by atoms with E-state index in [0.717, 1.165) is 12.5 Å². The van der Waals surface area contributed by atoms with Gasteiger partial charge in [-0.2, -0.15) is 0 Å².